The van der Waals surface area contributed by atoms with Crippen molar-refractivity contribution in [1.29, 1.82) is 0 Å². The first-order valence-corrected chi connectivity index (χ1v) is 36.0. The van der Waals surface area contributed by atoms with E-state index in [0.29, 0.717) is 51.4 Å². The van der Waals surface area contributed by atoms with Gasteiger partial charge in [-0.05, 0) is 204 Å². The standard InChI is InChI=1S/C13H17NO2.C12H17NO.C10H10N2.C9H7ClN2.C9H8N2O.C9H8O3.C8H8O2.C2H6O.CH5N.Cl3OP.H4N2/c1-4-14(5-2)13(16)12-7-6-10(3)8-11(12)9-15;1-4-13(5-2)12(14)11-8-6-10(3)7-9-11;1-7-3-4-10-8(2)12-11-6-9(10)5-7;1-6-2-3-8-7(4-6)5-11-12-9(8)10;1-6-2-3-8-7(4-6)5-10-11-9(8)12;1-5-2-3-6-7(4-5)9(11)12-8(6)10;1-6-2-4-7(5-3-6)8(9)10;1-2-3;1-2;1-5(2,3)4;1-2/h6-9H,4-5H2,1-3H3;6-9H,4-5H2,1-3H3;3-6H,1-2H3;2-5H,1H3;2-5H,1H3,(H,11,12);2-4,9,11H,1H3;2-5H,1H3,(H,9,10);3H,2H2,1H3;2H2,1H3;;1-2H2. The molecular formula is C73H90Cl4N11O11P. The molecular weight excluding hydrogens is 1380 g/mol. The van der Waals surface area contributed by atoms with E-state index in [2.05, 4.69) is 112 Å². The number of carboxylic acids is 1. The third kappa shape index (κ3) is 31.5. The number of halogens is 4. The number of aromatic amines is 1. The van der Waals surface area contributed by atoms with Crippen LogP contribution in [0.5, 0.6) is 0 Å². The number of nitrogens with one attached hydrogen (secondary N) is 1. The van der Waals surface area contributed by atoms with Crippen LogP contribution in [0.2, 0.25) is 5.15 Å². The molecule has 0 aliphatic carbocycles. The van der Waals surface area contributed by atoms with Gasteiger partial charge in [-0.2, -0.15) is 20.4 Å². The summed E-state index contributed by atoms with van der Waals surface area (Å²) >= 11 is 19.7. The van der Waals surface area contributed by atoms with E-state index in [9.17, 15) is 38.4 Å². The number of aliphatic hydroxyl groups excluding tert-OH is 2. The predicted octanol–water partition coefficient (Wildman–Crippen LogP) is 14.9. The Morgan fingerprint density at radius 3 is 1.44 bits per heavy atom. The summed E-state index contributed by atoms with van der Waals surface area (Å²) in [5.74, 6) is 6.72. The first-order valence-electron chi connectivity index (χ1n) is 31.2. The molecule has 0 saturated heterocycles. The monoisotopic (exact) mass is 1470 g/mol. The molecule has 1 aliphatic heterocycles. The fourth-order valence-electron chi connectivity index (χ4n) is 8.78. The van der Waals surface area contributed by atoms with Crippen LogP contribution in [0.1, 0.15) is 143 Å². The fraction of sp³-hybridized carbons (Fsp3) is 0.274. The lowest BCUT2D eigenvalue weighted by atomic mass is 10.0. The highest BCUT2D eigenvalue weighted by Crippen LogP contribution is 2.61. The first kappa shape index (κ1) is 89.1. The Morgan fingerprint density at radius 2 is 0.960 bits per heavy atom. The summed E-state index contributed by atoms with van der Waals surface area (Å²) in [6, 6.07) is 43.0. The van der Waals surface area contributed by atoms with Crippen molar-refractivity contribution in [2.24, 2.45) is 17.4 Å². The van der Waals surface area contributed by atoms with Crippen molar-refractivity contribution in [2.75, 3.05) is 39.8 Å². The van der Waals surface area contributed by atoms with Gasteiger partial charge in [0.15, 0.2) is 11.4 Å². The molecule has 2 amide bonds. The zero-order chi connectivity index (χ0) is 75.8. The lowest BCUT2D eigenvalue weighted by molar-refractivity contribution is -0.0548. The van der Waals surface area contributed by atoms with Crippen LogP contribution in [-0.4, -0.2) is 126 Å². The quantitative estimate of drug-likeness (QED) is 0.0244. The van der Waals surface area contributed by atoms with E-state index >= 15 is 0 Å². The molecule has 22 nitrogen and oxygen atoms in total. The number of fused-ring (bicyclic) bond motifs is 4. The van der Waals surface area contributed by atoms with Crippen LogP contribution in [0.4, 0.5) is 0 Å². The number of ether oxygens (including phenoxy) is 1. The Bertz CT molecular complexity index is 4220. The molecule has 27 heteroatoms. The van der Waals surface area contributed by atoms with Gasteiger partial charge in [-0.1, -0.05) is 117 Å². The fourth-order valence-corrected chi connectivity index (χ4v) is 9.00. The van der Waals surface area contributed by atoms with Crippen molar-refractivity contribution >= 4 is 113 Å². The van der Waals surface area contributed by atoms with E-state index in [1.54, 1.807) is 78.9 Å². The number of nitrogens with two attached hydrogens (primary N) is 3. The maximum absolute atomic E-state index is 12.1. The van der Waals surface area contributed by atoms with Crippen LogP contribution >= 0.6 is 50.5 Å². The molecule has 0 radical (unpaired) electrons. The summed E-state index contributed by atoms with van der Waals surface area (Å²) in [6.07, 6.45) is 4.84. The van der Waals surface area contributed by atoms with E-state index in [1.807, 2.05) is 154 Å². The van der Waals surface area contributed by atoms with Gasteiger partial charge in [0.25, 0.3) is 17.4 Å². The number of cyclic esters (lactones) is 1. The SMILES string of the molecule is CCN(CC)C(=O)c1ccc(C)cc1.CCN(CC)C(=O)c1ccc(C)cc1C=O.CCO.CN.Cc1ccc(C(=O)O)cc1.Cc1ccc2c(=O)[nH]ncc2c1.Cc1ccc2c(C)nncc2c1.Cc1ccc2c(Cl)nncc2c1.Cc1ccc2c(c1)C(O)OC2=O.NN.O=P(Cl)(Cl)Cl. The van der Waals surface area contributed by atoms with Gasteiger partial charge in [-0.3, -0.25) is 35.4 Å². The molecule has 100 heavy (non-hydrogen) atoms. The summed E-state index contributed by atoms with van der Waals surface area (Å²) in [5.41, 5.74) is 16.3. The third-order valence-corrected chi connectivity index (χ3v) is 14.0. The number of aryl methyl sites for hydroxylation is 8. The number of carbonyl (C=O) groups excluding carboxylic acids is 4. The lowest BCUT2D eigenvalue weighted by Crippen LogP contribution is -2.31. The van der Waals surface area contributed by atoms with Crippen LogP contribution < -0.4 is 23.0 Å². The smallest absolute Gasteiger partial charge is 0.341 e. The second-order valence-electron chi connectivity index (χ2n) is 21.3. The van der Waals surface area contributed by atoms with Crippen LogP contribution in [0.15, 0.2) is 163 Å². The molecule has 3 aromatic heterocycles. The van der Waals surface area contributed by atoms with Crippen LogP contribution in [0, 0.1) is 55.4 Å². The number of aromatic nitrogens is 6. The highest BCUT2D eigenvalue weighted by Gasteiger charge is 2.29. The number of amides is 2. The number of hydrogen-bond acceptors (Lipinski definition) is 18. The highest BCUT2D eigenvalue weighted by molar-refractivity contribution is 8.24. The van der Waals surface area contributed by atoms with Gasteiger partial charge in [-0.25, -0.2) is 14.7 Å². The van der Waals surface area contributed by atoms with E-state index < -0.39 is 23.4 Å². The van der Waals surface area contributed by atoms with E-state index in [-0.39, 0.29) is 24.0 Å². The maximum Gasteiger partial charge on any atom is 0.341 e. The number of rotatable bonds is 8. The molecule has 1 unspecified atom stereocenters. The number of aromatic carboxylic acids is 1. The molecule has 1 atom stereocenters. The van der Waals surface area contributed by atoms with Gasteiger partial charge >= 0.3 is 17.1 Å². The highest BCUT2D eigenvalue weighted by atomic mass is 36.0. The Hall–Kier alpha value is -8.90. The van der Waals surface area contributed by atoms with Gasteiger partial charge in [0.2, 0.25) is 6.29 Å². The second-order valence-corrected chi connectivity index (χ2v) is 28.3. The molecule has 0 spiro atoms. The summed E-state index contributed by atoms with van der Waals surface area (Å²) in [5, 5.41) is 50.0. The molecule has 0 saturated carbocycles. The molecule has 4 heterocycles. The molecule has 11 rings (SSSR count). The summed E-state index contributed by atoms with van der Waals surface area (Å²) in [7, 11) is 1.50. The van der Waals surface area contributed by atoms with Gasteiger partial charge in [0.05, 0.1) is 46.4 Å². The van der Waals surface area contributed by atoms with Crippen LogP contribution in [0.25, 0.3) is 32.3 Å². The molecule has 7 aromatic carbocycles. The number of hydrogen-bond donors (Lipinski definition) is 7. The number of nitrogens with zero attached hydrogens (tertiary/aromatic N) is 7. The van der Waals surface area contributed by atoms with Crippen LogP contribution in [0.3, 0.4) is 0 Å². The maximum atomic E-state index is 12.1. The molecule has 0 fully saturated rings. The predicted molar refractivity (Wildman–Crippen MR) is 404 cm³/mol. The molecule has 536 valence electrons. The molecule has 10 N–H and O–H groups in total. The zero-order valence-corrected chi connectivity index (χ0v) is 62.5. The van der Waals surface area contributed by atoms with Crippen molar-refractivity contribution in [2.45, 2.75) is 96.3 Å². The number of hydrazine groups is 1. The van der Waals surface area contributed by atoms with Gasteiger partial charge in [-0.15, -0.1) is 5.10 Å². The van der Waals surface area contributed by atoms with Gasteiger partial charge in [0.1, 0.15) is 0 Å². The Labute approximate surface area is 603 Å². The van der Waals surface area contributed by atoms with Crippen molar-refractivity contribution in [1.82, 2.24) is 40.4 Å². The Morgan fingerprint density at radius 1 is 0.570 bits per heavy atom. The van der Waals surface area contributed by atoms with E-state index in [1.165, 1.54) is 34.5 Å². The average Bonchev–Trinajstić information content (AvgIpc) is 1.55. The Kier molecular flexibility index (Phi) is 42.1. The number of benzene rings is 7. The summed E-state index contributed by atoms with van der Waals surface area (Å²) < 4.78 is 14.1. The van der Waals surface area contributed by atoms with E-state index in [4.69, 9.17) is 21.8 Å². The molecule has 1 aliphatic rings. The second kappa shape index (κ2) is 47.2. The Balaban J connectivity index is 0.000000569. The van der Waals surface area contributed by atoms with E-state index in [0.717, 1.165) is 69.0 Å². The van der Waals surface area contributed by atoms with Crippen molar-refractivity contribution in [3.05, 3.63) is 252 Å². The summed E-state index contributed by atoms with van der Waals surface area (Å²) in [4.78, 5) is 70.8. The normalized spacial score (nSPS) is 11.0. The number of aliphatic hydroxyl groups is 2. The lowest BCUT2D eigenvalue weighted by Gasteiger charge is -2.19. The molecule has 10 aromatic rings. The largest absolute Gasteiger partial charge is 0.478 e. The minimum absolute atomic E-state index is 0.0768. The minimum Gasteiger partial charge on any atom is -0.478 e. The van der Waals surface area contributed by atoms with Crippen molar-refractivity contribution in [3.8, 4) is 0 Å². The number of carboxylic acid groups (broad SMARTS) is 1. The minimum atomic E-state index is -3.22. The number of aldehydes is 1. The number of esters is 1. The first-order chi connectivity index (χ1) is 47.4. The number of carbonyl (C=O) groups is 5. The van der Waals surface area contributed by atoms with Gasteiger partial charge < -0.3 is 35.6 Å². The van der Waals surface area contributed by atoms with Crippen molar-refractivity contribution in [3.63, 3.8) is 0 Å². The topological polar surface area (TPSA) is 354 Å². The van der Waals surface area contributed by atoms with Gasteiger partial charge in [0, 0.05) is 76.4 Å². The zero-order valence-electron chi connectivity index (χ0n) is 58.6. The van der Waals surface area contributed by atoms with Crippen LogP contribution in [-0.2, 0) is 9.30 Å². The average molecular weight is 1470 g/mol. The summed E-state index contributed by atoms with van der Waals surface area (Å²) in [6.45, 7) is 28.4. The molecule has 0 bridgehead atoms. The van der Waals surface area contributed by atoms with Crippen molar-refractivity contribution < 1.29 is 48.6 Å². The number of H-pyrrole nitrogens is 1. The third-order valence-electron chi connectivity index (χ3n) is 13.8.